The molecule has 0 saturated carbocycles. The van der Waals surface area contributed by atoms with Crippen molar-refractivity contribution in [1.29, 1.82) is 5.26 Å². The van der Waals surface area contributed by atoms with Crippen LogP contribution in [0.2, 0.25) is 0 Å². The zero-order valence-corrected chi connectivity index (χ0v) is 22.4. The normalized spacial score (nSPS) is 17.7. The molecule has 210 valence electrons. The van der Waals surface area contributed by atoms with Crippen molar-refractivity contribution in [2.45, 2.75) is 50.9 Å². The molecule has 4 aromatic rings. The number of fused-ring (bicyclic) bond motifs is 1. The average molecular weight is 557 g/mol. The lowest BCUT2D eigenvalue weighted by Crippen LogP contribution is -2.34. The van der Waals surface area contributed by atoms with Gasteiger partial charge in [0, 0.05) is 42.8 Å². The van der Waals surface area contributed by atoms with Gasteiger partial charge < -0.3 is 14.6 Å². The maximum Gasteiger partial charge on any atom is 0.356 e. The van der Waals surface area contributed by atoms with Crippen molar-refractivity contribution in [2.24, 2.45) is 0 Å². The highest BCUT2D eigenvalue weighted by atomic mass is 19.1. The molecule has 0 bridgehead atoms. The van der Waals surface area contributed by atoms with Gasteiger partial charge in [0.1, 0.15) is 12.4 Å². The van der Waals surface area contributed by atoms with E-state index in [1.165, 1.54) is 12.1 Å². The van der Waals surface area contributed by atoms with E-state index in [1.54, 1.807) is 28.8 Å². The first-order chi connectivity index (χ1) is 20.0. The van der Waals surface area contributed by atoms with Gasteiger partial charge in [-0.3, -0.25) is 4.90 Å². The van der Waals surface area contributed by atoms with Crippen LogP contribution in [-0.4, -0.2) is 61.4 Å². The maximum atomic E-state index is 14.2. The number of carboxylic acid groups (broad SMARTS) is 1. The number of benzene rings is 1. The van der Waals surface area contributed by atoms with Gasteiger partial charge in [-0.05, 0) is 62.7 Å². The lowest BCUT2D eigenvalue weighted by molar-refractivity contribution is -0.0500. The summed E-state index contributed by atoms with van der Waals surface area (Å²) in [6.07, 6.45) is 3.54. The minimum atomic E-state index is -1.07. The van der Waals surface area contributed by atoms with Gasteiger partial charge in [-0.15, -0.1) is 0 Å². The molecule has 1 atom stereocenters. The Bertz CT molecular complexity index is 1620. The standard InChI is InChI=1S/C30H29FN6O4/c31-23-14-19(16-32)4-5-21(23)18-41-29-3-1-2-24(34-29)20-8-11-36(12-9-20)17-26-27(15-22-10-13-40-22)37-28(33-26)7-6-25(35-37)30(38)39/h1-7,14,20,22H,8-13,15,17-18H2,(H,38,39). The fourth-order valence-electron chi connectivity index (χ4n) is 5.35. The number of aromatic nitrogens is 4. The van der Waals surface area contributed by atoms with E-state index in [0.717, 1.165) is 56.0 Å². The second-order valence-electron chi connectivity index (χ2n) is 10.4. The van der Waals surface area contributed by atoms with Crippen molar-refractivity contribution in [3.63, 3.8) is 0 Å². The lowest BCUT2D eigenvalue weighted by atomic mass is 9.93. The Morgan fingerprint density at radius 1 is 1.15 bits per heavy atom. The number of halogens is 1. The monoisotopic (exact) mass is 556 g/mol. The Balaban J connectivity index is 1.10. The molecular weight excluding hydrogens is 527 g/mol. The molecule has 0 spiro atoms. The van der Waals surface area contributed by atoms with Crippen LogP contribution >= 0.6 is 0 Å². The maximum absolute atomic E-state index is 14.2. The van der Waals surface area contributed by atoms with Crippen LogP contribution in [0.4, 0.5) is 4.39 Å². The number of imidazole rings is 1. The topological polar surface area (TPSA) is 126 Å². The molecule has 0 radical (unpaired) electrons. The predicted octanol–water partition coefficient (Wildman–Crippen LogP) is 4.12. The Labute approximate surface area is 236 Å². The van der Waals surface area contributed by atoms with E-state index in [2.05, 4.69) is 10.00 Å². The molecule has 5 heterocycles. The van der Waals surface area contributed by atoms with Crippen LogP contribution in [0, 0.1) is 17.1 Å². The molecule has 0 aliphatic carbocycles. The SMILES string of the molecule is N#Cc1ccc(COc2cccc(C3CCN(Cc4nc5ccc(C(=O)O)nn5c4CC4CCO4)CC3)n2)c(F)c1. The number of ether oxygens (including phenoxy) is 2. The summed E-state index contributed by atoms with van der Waals surface area (Å²) in [5, 5.41) is 22.7. The highest BCUT2D eigenvalue weighted by Crippen LogP contribution is 2.30. The number of hydrogen-bond acceptors (Lipinski definition) is 8. The van der Waals surface area contributed by atoms with E-state index in [4.69, 9.17) is 24.7 Å². The third kappa shape index (κ3) is 5.89. The number of likely N-dealkylation sites (tertiary alicyclic amines) is 1. The molecule has 2 saturated heterocycles. The molecule has 10 nitrogen and oxygen atoms in total. The van der Waals surface area contributed by atoms with Crippen LogP contribution < -0.4 is 4.74 Å². The molecule has 2 aliphatic heterocycles. The van der Waals surface area contributed by atoms with E-state index in [-0.39, 0.29) is 29.9 Å². The van der Waals surface area contributed by atoms with Gasteiger partial charge in [0.15, 0.2) is 11.3 Å². The quantitative estimate of drug-likeness (QED) is 0.324. The molecule has 6 rings (SSSR count). The molecule has 2 aliphatic rings. The van der Waals surface area contributed by atoms with Crippen molar-refractivity contribution >= 4 is 11.6 Å². The minimum absolute atomic E-state index is 0.0150. The summed E-state index contributed by atoms with van der Waals surface area (Å²) in [4.78, 5) is 23.4. The first kappa shape index (κ1) is 26.8. The summed E-state index contributed by atoms with van der Waals surface area (Å²) in [6.45, 7) is 3.13. The van der Waals surface area contributed by atoms with E-state index in [1.807, 2.05) is 18.2 Å². The molecule has 3 aromatic heterocycles. The van der Waals surface area contributed by atoms with Gasteiger partial charge in [-0.25, -0.2) is 23.7 Å². The molecule has 1 aromatic carbocycles. The molecule has 11 heteroatoms. The third-order valence-electron chi connectivity index (χ3n) is 7.77. The van der Waals surface area contributed by atoms with Gasteiger partial charge in [-0.1, -0.05) is 12.1 Å². The van der Waals surface area contributed by atoms with Crippen molar-refractivity contribution < 1.29 is 23.8 Å². The smallest absolute Gasteiger partial charge is 0.356 e. The minimum Gasteiger partial charge on any atom is -0.476 e. The van der Waals surface area contributed by atoms with Gasteiger partial charge in [0.25, 0.3) is 0 Å². The van der Waals surface area contributed by atoms with Gasteiger partial charge in [-0.2, -0.15) is 10.4 Å². The van der Waals surface area contributed by atoms with Gasteiger partial charge in [0.2, 0.25) is 5.88 Å². The van der Waals surface area contributed by atoms with E-state index < -0.39 is 11.8 Å². The zero-order chi connectivity index (χ0) is 28.3. The molecular formula is C30H29FN6O4. The number of carbonyl (C=O) groups is 1. The van der Waals surface area contributed by atoms with E-state index in [9.17, 15) is 14.3 Å². The van der Waals surface area contributed by atoms with Crippen LogP contribution in [0.3, 0.4) is 0 Å². The number of nitriles is 1. The van der Waals surface area contributed by atoms with Crippen LogP contribution in [0.1, 0.15) is 63.9 Å². The number of rotatable bonds is 9. The Morgan fingerprint density at radius 2 is 1.98 bits per heavy atom. The Hall–Kier alpha value is -4.40. The van der Waals surface area contributed by atoms with Crippen LogP contribution in [0.5, 0.6) is 5.88 Å². The summed E-state index contributed by atoms with van der Waals surface area (Å²) < 4.78 is 27.3. The molecule has 0 amide bonds. The summed E-state index contributed by atoms with van der Waals surface area (Å²) >= 11 is 0. The average Bonchev–Trinajstić information content (AvgIpc) is 3.30. The van der Waals surface area contributed by atoms with Crippen molar-refractivity contribution in [2.75, 3.05) is 19.7 Å². The Kier molecular flexibility index (Phi) is 7.59. The highest BCUT2D eigenvalue weighted by molar-refractivity contribution is 5.85. The van der Waals surface area contributed by atoms with Crippen molar-refractivity contribution in [1.82, 2.24) is 24.5 Å². The van der Waals surface area contributed by atoms with Crippen molar-refractivity contribution in [3.05, 3.63) is 88.3 Å². The van der Waals surface area contributed by atoms with Crippen LogP contribution in [0.25, 0.3) is 5.65 Å². The molecule has 2 fully saturated rings. The zero-order valence-electron chi connectivity index (χ0n) is 22.4. The second-order valence-corrected chi connectivity index (χ2v) is 10.4. The molecule has 1 unspecified atom stereocenters. The number of hydrogen-bond donors (Lipinski definition) is 1. The summed E-state index contributed by atoms with van der Waals surface area (Å²) in [6, 6.07) is 15.1. The second kappa shape index (κ2) is 11.6. The Morgan fingerprint density at radius 3 is 2.68 bits per heavy atom. The largest absolute Gasteiger partial charge is 0.476 e. The first-order valence-corrected chi connectivity index (χ1v) is 13.7. The number of piperidine rings is 1. The number of carboxylic acids is 1. The van der Waals surface area contributed by atoms with E-state index in [0.29, 0.717) is 30.1 Å². The van der Waals surface area contributed by atoms with Gasteiger partial charge in [0.05, 0.1) is 29.1 Å². The predicted molar refractivity (Wildman–Crippen MR) is 145 cm³/mol. The van der Waals surface area contributed by atoms with Crippen LogP contribution in [0.15, 0.2) is 48.5 Å². The van der Waals surface area contributed by atoms with Crippen LogP contribution in [-0.2, 0) is 24.3 Å². The number of pyridine rings is 1. The number of aromatic carboxylic acids is 1. The highest BCUT2D eigenvalue weighted by Gasteiger charge is 2.27. The first-order valence-electron chi connectivity index (χ1n) is 13.7. The summed E-state index contributed by atoms with van der Waals surface area (Å²) in [7, 11) is 0. The third-order valence-corrected chi connectivity index (χ3v) is 7.77. The molecule has 41 heavy (non-hydrogen) atoms. The van der Waals surface area contributed by atoms with Crippen molar-refractivity contribution in [3.8, 4) is 11.9 Å². The summed E-state index contributed by atoms with van der Waals surface area (Å²) in [5.74, 6) is -0.834. The van der Waals surface area contributed by atoms with E-state index >= 15 is 0 Å². The fraction of sp³-hybridized carbons (Fsp3) is 0.367. The molecule has 1 N–H and O–H groups in total. The fourth-order valence-corrected chi connectivity index (χ4v) is 5.35. The van der Waals surface area contributed by atoms with Gasteiger partial charge >= 0.3 is 5.97 Å². The number of nitrogens with zero attached hydrogens (tertiary/aromatic N) is 6. The summed E-state index contributed by atoms with van der Waals surface area (Å²) in [5.41, 5.74) is 4.01. The lowest BCUT2D eigenvalue weighted by Gasteiger charge is -2.32.